The minimum atomic E-state index is -0.510. The highest BCUT2D eigenvalue weighted by atomic mass is 16.6. The molecule has 6 nitrogen and oxygen atoms in total. The van der Waals surface area contributed by atoms with Crippen LogP contribution in [0.5, 0.6) is 11.5 Å². The van der Waals surface area contributed by atoms with E-state index in [1.54, 1.807) is 12.1 Å². The fourth-order valence-electron chi connectivity index (χ4n) is 2.75. The van der Waals surface area contributed by atoms with Gasteiger partial charge in [0.05, 0.1) is 6.61 Å². The Morgan fingerprint density at radius 2 is 1.57 bits per heavy atom. The average Bonchev–Trinajstić information content (AvgIpc) is 2.68. The van der Waals surface area contributed by atoms with Gasteiger partial charge in [-0.3, -0.25) is 4.79 Å². The van der Waals surface area contributed by atoms with Gasteiger partial charge in [0.25, 0.3) is 0 Å². The molecule has 2 rings (SSSR count). The van der Waals surface area contributed by atoms with E-state index in [4.69, 9.17) is 14.2 Å². The molecule has 0 saturated carbocycles. The predicted molar refractivity (Wildman–Crippen MR) is 116 cm³/mol. The molecular formula is C24H31NO5. The lowest BCUT2D eigenvalue weighted by atomic mass is 10.1. The number of unbranched alkanes of at least 4 members (excludes halogenated alkanes) is 1. The number of nitrogens with one attached hydrogen (secondary N) is 1. The molecule has 0 saturated heterocycles. The predicted octanol–water partition coefficient (Wildman–Crippen LogP) is 5.15. The van der Waals surface area contributed by atoms with Crippen LogP contribution in [0.2, 0.25) is 0 Å². The zero-order valence-corrected chi connectivity index (χ0v) is 18.2. The normalized spacial score (nSPS) is 10.9. The summed E-state index contributed by atoms with van der Waals surface area (Å²) >= 11 is 0. The molecule has 2 aromatic carbocycles. The lowest BCUT2D eigenvalue weighted by molar-refractivity contribution is 0.0526. The molecule has 0 heterocycles. The third-order valence-corrected chi connectivity index (χ3v) is 4.07. The first-order valence-electron chi connectivity index (χ1n) is 10.2. The smallest absolute Gasteiger partial charge is 0.407 e. The van der Waals surface area contributed by atoms with Gasteiger partial charge in [-0.05, 0) is 58.2 Å². The summed E-state index contributed by atoms with van der Waals surface area (Å²) in [5, 5.41) is 2.72. The van der Waals surface area contributed by atoms with Crippen LogP contribution in [-0.4, -0.2) is 30.6 Å². The van der Waals surface area contributed by atoms with Gasteiger partial charge in [0.2, 0.25) is 0 Å². The number of benzene rings is 2. The number of amides is 1. The van der Waals surface area contributed by atoms with Crippen molar-refractivity contribution >= 4 is 11.9 Å². The van der Waals surface area contributed by atoms with Gasteiger partial charge in [0, 0.05) is 6.54 Å². The molecule has 0 aromatic heterocycles. The monoisotopic (exact) mass is 413 g/mol. The lowest BCUT2D eigenvalue weighted by Gasteiger charge is -2.19. The number of Topliss-reactive ketones (excluding diaryl/α,β-unsaturated/α-hetero) is 1. The van der Waals surface area contributed by atoms with Crippen molar-refractivity contribution in [3.8, 4) is 11.5 Å². The lowest BCUT2D eigenvalue weighted by Crippen LogP contribution is -2.33. The zero-order valence-electron chi connectivity index (χ0n) is 18.2. The number of ketones is 1. The number of rotatable bonds is 10. The van der Waals surface area contributed by atoms with E-state index in [0.29, 0.717) is 36.8 Å². The summed E-state index contributed by atoms with van der Waals surface area (Å²) in [5.41, 5.74) is 0.959. The summed E-state index contributed by atoms with van der Waals surface area (Å²) in [6.45, 7) is 8.28. The second-order valence-electron chi connectivity index (χ2n) is 7.94. The Hall–Kier alpha value is -3.02. The quantitative estimate of drug-likeness (QED) is 0.431. The molecule has 0 unspecified atom stereocenters. The van der Waals surface area contributed by atoms with Crippen LogP contribution in [-0.2, 0) is 11.3 Å². The molecule has 1 amide bonds. The summed E-state index contributed by atoms with van der Waals surface area (Å²) in [7, 11) is 0. The Morgan fingerprint density at radius 3 is 2.20 bits per heavy atom. The molecule has 0 fully saturated rings. The first-order valence-corrected chi connectivity index (χ1v) is 10.2. The minimum Gasteiger partial charge on any atom is -0.493 e. The highest BCUT2D eigenvalue weighted by molar-refractivity contribution is 5.99. The Balaban J connectivity index is 1.84. The molecule has 162 valence electrons. The van der Waals surface area contributed by atoms with Crippen molar-refractivity contribution in [2.75, 3.05) is 13.2 Å². The molecule has 0 bridgehead atoms. The zero-order chi connectivity index (χ0) is 22.0. The molecule has 30 heavy (non-hydrogen) atoms. The molecule has 0 atom stereocenters. The van der Waals surface area contributed by atoms with Gasteiger partial charge in [0.1, 0.15) is 29.3 Å². The van der Waals surface area contributed by atoms with Gasteiger partial charge in [-0.25, -0.2) is 4.79 Å². The third-order valence-electron chi connectivity index (χ3n) is 4.07. The number of alkyl carbamates (subject to hydrolysis) is 1. The van der Waals surface area contributed by atoms with E-state index < -0.39 is 11.7 Å². The highest BCUT2D eigenvalue weighted by Crippen LogP contribution is 2.30. The standard InChI is InChI=1S/C24H31NO5/c1-18(26)22-20(28-16-9-8-15-25-23(27)30-24(2,3)4)13-10-14-21(22)29-17-19-11-6-5-7-12-19/h5-7,10-14H,8-9,15-17H2,1-4H3,(H,25,27). The number of carbonyl (C=O) groups is 2. The maximum atomic E-state index is 12.2. The van der Waals surface area contributed by atoms with Crippen LogP contribution in [0.1, 0.15) is 56.5 Å². The summed E-state index contributed by atoms with van der Waals surface area (Å²) < 4.78 is 16.9. The first kappa shape index (κ1) is 23.3. The molecule has 6 heteroatoms. The molecule has 0 spiro atoms. The molecule has 1 N–H and O–H groups in total. The number of ether oxygens (including phenoxy) is 3. The van der Waals surface area contributed by atoms with Crippen molar-refractivity contribution in [1.82, 2.24) is 5.32 Å². The minimum absolute atomic E-state index is 0.111. The van der Waals surface area contributed by atoms with Gasteiger partial charge in [-0.2, -0.15) is 0 Å². The highest BCUT2D eigenvalue weighted by Gasteiger charge is 2.16. The first-order chi connectivity index (χ1) is 14.3. The summed E-state index contributed by atoms with van der Waals surface area (Å²) in [5.74, 6) is 0.906. The number of carbonyl (C=O) groups excluding carboxylic acids is 2. The summed E-state index contributed by atoms with van der Waals surface area (Å²) in [4.78, 5) is 23.8. The van der Waals surface area contributed by atoms with Crippen LogP contribution in [0.3, 0.4) is 0 Å². The molecule has 0 aliphatic carbocycles. The molecule has 0 radical (unpaired) electrons. The molecule has 2 aromatic rings. The van der Waals surface area contributed by atoms with Crippen LogP contribution >= 0.6 is 0 Å². The number of hydrogen-bond donors (Lipinski definition) is 1. The van der Waals surface area contributed by atoms with Crippen LogP contribution in [0.4, 0.5) is 4.79 Å². The van der Waals surface area contributed by atoms with E-state index in [1.165, 1.54) is 6.92 Å². The van der Waals surface area contributed by atoms with Crippen molar-refractivity contribution in [2.45, 2.75) is 52.7 Å². The van der Waals surface area contributed by atoms with Crippen molar-refractivity contribution in [3.05, 3.63) is 59.7 Å². The maximum Gasteiger partial charge on any atom is 0.407 e. The van der Waals surface area contributed by atoms with Crippen LogP contribution in [0.15, 0.2) is 48.5 Å². The summed E-state index contributed by atoms with van der Waals surface area (Å²) in [6.07, 6.45) is 1.03. The Bertz CT molecular complexity index is 827. The van der Waals surface area contributed by atoms with Gasteiger partial charge in [-0.1, -0.05) is 36.4 Å². The van der Waals surface area contributed by atoms with E-state index in [2.05, 4.69) is 5.32 Å². The van der Waals surface area contributed by atoms with E-state index in [-0.39, 0.29) is 5.78 Å². The van der Waals surface area contributed by atoms with Crippen LogP contribution in [0.25, 0.3) is 0 Å². The van der Waals surface area contributed by atoms with Gasteiger partial charge >= 0.3 is 6.09 Å². The second kappa shape index (κ2) is 11.2. The van der Waals surface area contributed by atoms with Gasteiger partial charge in [-0.15, -0.1) is 0 Å². The topological polar surface area (TPSA) is 73.9 Å². The van der Waals surface area contributed by atoms with E-state index in [0.717, 1.165) is 18.4 Å². The average molecular weight is 414 g/mol. The van der Waals surface area contributed by atoms with E-state index in [1.807, 2.05) is 57.2 Å². The SMILES string of the molecule is CC(=O)c1c(OCCCCNC(=O)OC(C)(C)C)cccc1OCc1ccccc1. The van der Waals surface area contributed by atoms with Gasteiger partial charge < -0.3 is 19.5 Å². The van der Waals surface area contributed by atoms with E-state index >= 15 is 0 Å². The van der Waals surface area contributed by atoms with Crippen molar-refractivity contribution in [2.24, 2.45) is 0 Å². The fraction of sp³-hybridized carbons (Fsp3) is 0.417. The van der Waals surface area contributed by atoms with E-state index in [9.17, 15) is 9.59 Å². The maximum absolute atomic E-state index is 12.2. The van der Waals surface area contributed by atoms with Gasteiger partial charge in [0.15, 0.2) is 5.78 Å². The summed E-state index contributed by atoms with van der Waals surface area (Å²) in [6, 6.07) is 15.1. The van der Waals surface area contributed by atoms with Crippen molar-refractivity contribution in [3.63, 3.8) is 0 Å². The molecule has 0 aliphatic rings. The molecular weight excluding hydrogens is 382 g/mol. The molecule has 0 aliphatic heterocycles. The largest absolute Gasteiger partial charge is 0.493 e. The third kappa shape index (κ3) is 8.15. The Labute approximate surface area is 178 Å². The van der Waals surface area contributed by atoms with Crippen LogP contribution < -0.4 is 14.8 Å². The fourth-order valence-corrected chi connectivity index (χ4v) is 2.75. The second-order valence-corrected chi connectivity index (χ2v) is 7.94. The number of hydrogen-bond acceptors (Lipinski definition) is 5. The van der Waals surface area contributed by atoms with Crippen LogP contribution in [0, 0.1) is 0 Å². The van der Waals surface area contributed by atoms with Crippen molar-refractivity contribution in [1.29, 1.82) is 0 Å². The Kier molecular flexibility index (Phi) is 8.71. The Morgan fingerprint density at radius 1 is 0.900 bits per heavy atom. The van der Waals surface area contributed by atoms with Crippen molar-refractivity contribution < 1.29 is 23.8 Å².